The van der Waals surface area contributed by atoms with Gasteiger partial charge in [0.2, 0.25) is 0 Å². The highest BCUT2D eigenvalue weighted by Crippen LogP contribution is 2.20. The van der Waals surface area contributed by atoms with Gasteiger partial charge in [0.1, 0.15) is 6.04 Å². The Kier molecular flexibility index (Phi) is 27.3. The largest absolute Gasteiger partial charge is 0.466 e. The molecular formula is C30H57NO5S2. The molecule has 224 valence electrons. The minimum Gasteiger partial charge on any atom is -0.466 e. The molecule has 0 spiro atoms. The van der Waals surface area contributed by atoms with Gasteiger partial charge in [-0.2, -0.15) is 11.8 Å². The molecule has 8 heteroatoms. The van der Waals surface area contributed by atoms with Gasteiger partial charge in [0, 0.05) is 23.2 Å². The van der Waals surface area contributed by atoms with E-state index in [1.807, 2.05) is 6.92 Å². The summed E-state index contributed by atoms with van der Waals surface area (Å²) < 4.78 is 10.2. The van der Waals surface area contributed by atoms with Gasteiger partial charge in [-0.05, 0) is 13.3 Å². The Morgan fingerprint density at radius 3 is 1.74 bits per heavy atom. The lowest BCUT2D eigenvalue weighted by atomic mass is 10.0. The quantitative estimate of drug-likeness (QED) is 0.0781. The van der Waals surface area contributed by atoms with Gasteiger partial charge in [0.15, 0.2) is 5.12 Å². The highest BCUT2D eigenvalue weighted by Gasteiger charge is 2.18. The van der Waals surface area contributed by atoms with Crippen molar-refractivity contribution < 1.29 is 23.9 Å². The number of rotatable bonds is 27. The molecular weight excluding hydrogens is 518 g/mol. The van der Waals surface area contributed by atoms with Crippen LogP contribution in [0.25, 0.3) is 0 Å². The van der Waals surface area contributed by atoms with Crippen LogP contribution in [0.1, 0.15) is 136 Å². The zero-order chi connectivity index (χ0) is 28.3. The first-order chi connectivity index (χ1) is 18.4. The lowest BCUT2D eigenvalue weighted by Crippen LogP contribution is -2.35. The number of hydrogen-bond acceptors (Lipinski definition) is 8. The molecule has 0 aromatic rings. The molecule has 2 atom stereocenters. The van der Waals surface area contributed by atoms with Crippen molar-refractivity contribution in [3.63, 3.8) is 0 Å². The Balaban J connectivity index is 3.46. The third-order valence-corrected chi connectivity index (χ3v) is 8.62. The highest BCUT2D eigenvalue weighted by molar-refractivity contribution is 8.13. The number of esters is 2. The van der Waals surface area contributed by atoms with Crippen LogP contribution in [-0.4, -0.2) is 53.1 Å². The Labute approximate surface area is 242 Å². The average Bonchev–Trinajstić information content (AvgIpc) is 2.89. The number of unbranched alkanes of at least 4 members (excludes halogenated alkanes) is 15. The van der Waals surface area contributed by atoms with Gasteiger partial charge in [-0.25, -0.2) is 0 Å². The van der Waals surface area contributed by atoms with E-state index in [2.05, 4.69) is 6.92 Å². The van der Waals surface area contributed by atoms with E-state index in [1.165, 1.54) is 113 Å². The van der Waals surface area contributed by atoms with Crippen LogP contribution in [0.4, 0.5) is 0 Å². The number of ether oxygens (including phenoxy) is 2. The van der Waals surface area contributed by atoms with Crippen LogP contribution in [0.2, 0.25) is 0 Å². The van der Waals surface area contributed by atoms with Crippen LogP contribution >= 0.6 is 23.5 Å². The van der Waals surface area contributed by atoms with Gasteiger partial charge >= 0.3 is 11.9 Å². The molecule has 0 heterocycles. The van der Waals surface area contributed by atoms with Gasteiger partial charge in [0.05, 0.1) is 19.6 Å². The second-order valence-corrected chi connectivity index (χ2v) is 12.8. The second kappa shape index (κ2) is 27.8. The van der Waals surface area contributed by atoms with Gasteiger partial charge < -0.3 is 15.2 Å². The van der Waals surface area contributed by atoms with Crippen LogP contribution < -0.4 is 5.73 Å². The minimum atomic E-state index is -0.672. The van der Waals surface area contributed by atoms with Crippen molar-refractivity contribution in [1.82, 2.24) is 0 Å². The molecule has 6 nitrogen and oxygen atoms in total. The topological polar surface area (TPSA) is 95.7 Å². The normalized spacial score (nSPS) is 12.7. The summed E-state index contributed by atoms with van der Waals surface area (Å²) in [6, 6.07) is -0.672. The monoisotopic (exact) mass is 575 g/mol. The van der Waals surface area contributed by atoms with E-state index in [0.29, 0.717) is 31.1 Å². The number of nitrogens with two attached hydrogens (primary N) is 1. The van der Waals surface area contributed by atoms with Crippen LogP contribution in [0.3, 0.4) is 0 Å². The molecule has 0 aliphatic rings. The SMILES string of the molecule is CCCCCCCCCCCCCCCCCCOC(=O)CCSC(=O)CC(C)SCC(N)C(=O)OCC. The fraction of sp³-hybridized carbons (Fsp3) is 0.900. The molecule has 2 unspecified atom stereocenters. The third-order valence-electron chi connectivity index (χ3n) is 6.43. The number of thioether (sulfide) groups is 2. The van der Waals surface area contributed by atoms with Gasteiger partial charge in [0.25, 0.3) is 0 Å². The van der Waals surface area contributed by atoms with Gasteiger partial charge in [-0.15, -0.1) is 0 Å². The molecule has 0 fully saturated rings. The van der Waals surface area contributed by atoms with E-state index in [-0.39, 0.29) is 22.8 Å². The highest BCUT2D eigenvalue weighted by atomic mass is 32.2. The summed E-state index contributed by atoms with van der Waals surface area (Å²) in [7, 11) is 0. The van der Waals surface area contributed by atoms with E-state index < -0.39 is 12.0 Å². The van der Waals surface area contributed by atoms with Crippen molar-refractivity contribution in [1.29, 1.82) is 0 Å². The van der Waals surface area contributed by atoms with E-state index in [4.69, 9.17) is 15.2 Å². The molecule has 0 aliphatic carbocycles. The van der Waals surface area contributed by atoms with E-state index in [9.17, 15) is 14.4 Å². The fourth-order valence-electron chi connectivity index (χ4n) is 4.09. The van der Waals surface area contributed by atoms with E-state index in [0.717, 1.165) is 12.8 Å². The molecule has 38 heavy (non-hydrogen) atoms. The Hall–Kier alpha value is -0.730. The lowest BCUT2D eigenvalue weighted by Gasteiger charge is -2.14. The van der Waals surface area contributed by atoms with Crippen LogP contribution in [0.5, 0.6) is 0 Å². The molecule has 0 aliphatic heterocycles. The summed E-state index contributed by atoms with van der Waals surface area (Å²) in [6.07, 6.45) is 21.8. The summed E-state index contributed by atoms with van der Waals surface area (Å²) in [6.45, 7) is 6.74. The second-order valence-electron chi connectivity index (χ2n) is 10.2. The van der Waals surface area contributed by atoms with Gasteiger partial charge in [-0.3, -0.25) is 14.4 Å². The molecule has 0 bridgehead atoms. The maximum absolute atomic E-state index is 12.1. The summed E-state index contributed by atoms with van der Waals surface area (Å²) in [4.78, 5) is 35.6. The van der Waals surface area contributed by atoms with E-state index in [1.54, 1.807) is 6.92 Å². The first-order valence-corrected chi connectivity index (χ1v) is 17.3. The smallest absolute Gasteiger partial charge is 0.323 e. The van der Waals surface area contributed by atoms with Crippen molar-refractivity contribution in [3.05, 3.63) is 0 Å². The van der Waals surface area contributed by atoms with Crippen molar-refractivity contribution in [2.75, 3.05) is 24.7 Å². The molecule has 0 aromatic heterocycles. The molecule has 0 saturated heterocycles. The van der Waals surface area contributed by atoms with Crippen LogP contribution in [-0.2, 0) is 23.9 Å². The van der Waals surface area contributed by atoms with Crippen molar-refractivity contribution in [2.45, 2.75) is 148 Å². The first-order valence-electron chi connectivity index (χ1n) is 15.3. The molecule has 2 N–H and O–H groups in total. The number of carbonyl (C=O) groups excluding carboxylic acids is 3. The summed E-state index contributed by atoms with van der Waals surface area (Å²) >= 11 is 2.65. The average molecular weight is 576 g/mol. The Bertz CT molecular complexity index is 591. The zero-order valence-electron chi connectivity index (χ0n) is 24.6. The molecule has 0 rings (SSSR count). The Morgan fingerprint density at radius 1 is 0.737 bits per heavy atom. The molecule has 0 amide bonds. The zero-order valence-corrected chi connectivity index (χ0v) is 26.3. The maximum Gasteiger partial charge on any atom is 0.323 e. The van der Waals surface area contributed by atoms with Crippen LogP contribution in [0.15, 0.2) is 0 Å². The number of carbonyl (C=O) groups is 3. The van der Waals surface area contributed by atoms with Crippen molar-refractivity contribution in [3.8, 4) is 0 Å². The number of hydrogen-bond donors (Lipinski definition) is 1. The summed E-state index contributed by atoms with van der Waals surface area (Å²) in [5, 5.41) is 0.0950. The summed E-state index contributed by atoms with van der Waals surface area (Å²) in [5.41, 5.74) is 5.78. The van der Waals surface area contributed by atoms with Crippen LogP contribution in [0, 0.1) is 0 Å². The first kappa shape index (κ1) is 37.3. The van der Waals surface area contributed by atoms with Crippen molar-refractivity contribution >= 4 is 40.6 Å². The third kappa shape index (κ3) is 25.5. The predicted molar refractivity (Wildman–Crippen MR) is 164 cm³/mol. The van der Waals surface area contributed by atoms with E-state index >= 15 is 0 Å². The molecule has 0 saturated carbocycles. The lowest BCUT2D eigenvalue weighted by molar-refractivity contribution is -0.144. The van der Waals surface area contributed by atoms with Crippen molar-refractivity contribution in [2.24, 2.45) is 5.73 Å². The molecule has 0 radical (unpaired) electrons. The minimum absolute atomic E-state index is 0.0420. The Morgan fingerprint density at radius 2 is 1.24 bits per heavy atom. The molecule has 0 aromatic carbocycles. The standard InChI is InChI=1S/C30H57NO5S2/c1-4-6-7-8-9-10-11-12-13-14-15-16-17-18-19-20-22-36-28(32)21-23-37-29(33)24-26(3)38-25-27(31)30(34)35-5-2/h26-27H,4-25,31H2,1-3H3. The summed E-state index contributed by atoms with van der Waals surface area (Å²) in [5.74, 6) is 0.222. The predicted octanol–water partition coefficient (Wildman–Crippen LogP) is 7.84. The van der Waals surface area contributed by atoms with Gasteiger partial charge in [-0.1, -0.05) is 122 Å². The fourth-order valence-corrected chi connectivity index (χ4v) is 6.01. The maximum atomic E-state index is 12.1.